The predicted octanol–water partition coefficient (Wildman–Crippen LogP) is 4.17. The normalized spacial score (nSPS) is 22.1. The van der Waals surface area contributed by atoms with Gasteiger partial charge in [0.15, 0.2) is 17.4 Å². The zero-order valence-electron chi connectivity index (χ0n) is 27.6. The van der Waals surface area contributed by atoms with Crippen molar-refractivity contribution in [2.75, 3.05) is 18.9 Å². The number of anilines is 1. The van der Waals surface area contributed by atoms with Gasteiger partial charge in [0.05, 0.1) is 19.5 Å². The first kappa shape index (κ1) is 36.0. The topological polar surface area (TPSA) is 202 Å². The maximum Gasteiger partial charge on any atom is 0.459 e. The fraction of sp³-hybridized carbons (Fsp3) is 0.333. The van der Waals surface area contributed by atoms with Crippen molar-refractivity contribution in [3.63, 3.8) is 0 Å². The van der Waals surface area contributed by atoms with Crippen LogP contribution in [0, 0.1) is 11.6 Å². The minimum Gasteiger partial charge on any atom is -0.476 e. The smallest absolute Gasteiger partial charge is 0.459 e. The lowest BCUT2D eigenvalue weighted by atomic mass is 9.96. The highest BCUT2D eigenvalue weighted by molar-refractivity contribution is 7.52. The summed E-state index contributed by atoms with van der Waals surface area (Å²) >= 11 is 0. The highest BCUT2D eigenvalue weighted by Crippen LogP contribution is 2.48. The van der Waals surface area contributed by atoms with Crippen molar-refractivity contribution < 1.29 is 51.6 Å². The van der Waals surface area contributed by atoms with E-state index in [0.29, 0.717) is 11.5 Å². The molecule has 6 atom stereocenters. The van der Waals surface area contributed by atoms with E-state index in [2.05, 4.69) is 20.0 Å². The molecule has 15 nitrogen and oxygen atoms in total. The van der Waals surface area contributed by atoms with Crippen molar-refractivity contribution in [1.29, 1.82) is 0 Å². The van der Waals surface area contributed by atoms with Crippen LogP contribution in [0.3, 0.4) is 0 Å². The van der Waals surface area contributed by atoms with E-state index in [4.69, 9.17) is 29.0 Å². The highest BCUT2D eigenvalue weighted by Gasteiger charge is 2.54. The summed E-state index contributed by atoms with van der Waals surface area (Å²) < 4.78 is 71.7. The van der Waals surface area contributed by atoms with Gasteiger partial charge in [0, 0.05) is 17.0 Å². The molecule has 1 saturated heterocycles. The Labute approximate surface area is 289 Å². The molecule has 3 unspecified atom stereocenters. The Hall–Kier alpha value is -4.77. The zero-order chi connectivity index (χ0) is 36.5. The van der Waals surface area contributed by atoms with E-state index >= 15 is 0 Å². The summed E-state index contributed by atoms with van der Waals surface area (Å²) in [7, 11) is -4.55. The average molecular weight is 729 g/mol. The van der Waals surface area contributed by atoms with Crippen LogP contribution in [0.2, 0.25) is 0 Å². The van der Waals surface area contributed by atoms with E-state index in [1.807, 2.05) is 18.2 Å². The van der Waals surface area contributed by atoms with Crippen molar-refractivity contribution in [1.82, 2.24) is 24.6 Å². The van der Waals surface area contributed by atoms with Crippen LogP contribution in [0.5, 0.6) is 11.6 Å². The number of imidazole rings is 1. The number of carbonyl (C=O) groups is 1. The summed E-state index contributed by atoms with van der Waals surface area (Å²) in [5, 5.41) is 26.5. The van der Waals surface area contributed by atoms with Crippen LogP contribution in [-0.2, 0) is 30.0 Å². The molecule has 2 aromatic heterocycles. The van der Waals surface area contributed by atoms with Crippen LogP contribution in [0.25, 0.3) is 21.9 Å². The molecule has 18 heteroatoms. The molecule has 0 spiro atoms. The number of aliphatic hydroxyl groups excluding tert-OH is 1. The molecule has 0 radical (unpaired) electrons. The van der Waals surface area contributed by atoms with Crippen molar-refractivity contribution in [3.05, 3.63) is 84.2 Å². The Bertz CT molecular complexity index is 2110. The van der Waals surface area contributed by atoms with Gasteiger partial charge in [0.1, 0.15) is 47.8 Å². The minimum absolute atomic E-state index is 0.0775. The lowest BCUT2D eigenvalue weighted by Crippen LogP contribution is -2.44. The van der Waals surface area contributed by atoms with Gasteiger partial charge in [-0.25, -0.2) is 18.3 Å². The molecule has 6 rings (SSSR count). The Balaban J connectivity index is 1.23. The quantitative estimate of drug-likeness (QED) is 0.0994. The first-order chi connectivity index (χ1) is 24.3. The van der Waals surface area contributed by atoms with Gasteiger partial charge in [-0.3, -0.25) is 13.9 Å². The molecule has 3 aromatic carbocycles. The van der Waals surface area contributed by atoms with E-state index < -0.39 is 68.6 Å². The van der Waals surface area contributed by atoms with E-state index in [1.165, 1.54) is 24.7 Å². The molecular formula is C33H35F2N6O9P. The first-order valence-electron chi connectivity index (χ1n) is 15.8. The number of nitrogen functional groups attached to an aromatic ring is 1. The minimum atomic E-state index is -4.55. The molecule has 1 aliphatic heterocycles. The number of nitrogens with two attached hydrogens (primary N) is 1. The highest BCUT2D eigenvalue weighted by atomic mass is 31.2. The van der Waals surface area contributed by atoms with Crippen LogP contribution in [0.1, 0.15) is 32.6 Å². The maximum absolute atomic E-state index is 14.4. The number of aliphatic hydroxyl groups is 2. The number of esters is 1. The lowest BCUT2D eigenvalue weighted by Gasteiger charge is -2.27. The van der Waals surface area contributed by atoms with Gasteiger partial charge in [0.25, 0.3) is 0 Å². The fourth-order valence-corrected chi connectivity index (χ4v) is 7.08. The molecule has 5 aromatic rings. The number of aromatic nitrogens is 4. The summed E-state index contributed by atoms with van der Waals surface area (Å²) in [6, 6.07) is 13.6. The van der Waals surface area contributed by atoms with E-state index in [1.54, 1.807) is 31.2 Å². The number of nitrogens with one attached hydrogen (secondary N) is 1. The summed E-state index contributed by atoms with van der Waals surface area (Å²) in [6.07, 6.45) is -2.88. The van der Waals surface area contributed by atoms with Gasteiger partial charge >= 0.3 is 13.7 Å². The second-order valence-electron chi connectivity index (χ2n) is 11.9. The molecule has 0 saturated carbocycles. The summed E-state index contributed by atoms with van der Waals surface area (Å²) in [5.74, 6) is -2.52. The monoisotopic (exact) mass is 728 g/mol. The third-order valence-corrected chi connectivity index (χ3v) is 9.79. The molecule has 0 amide bonds. The molecule has 0 bridgehead atoms. The Morgan fingerprint density at radius 2 is 1.94 bits per heavy atom. The second-order valence-corrected chi connectivity index (χ2v) is 13.6. The average Bonchev–Trinajstić information content (AvgIpc) is 3.60. The molecular weight excluding hydrogens is 693 g/mol. The van der Waals surface area contributed by atoms with E-state index in [0.717, 1.165) is 17.5 Å². The second kappa shape index (κ2) is 14.5. The van der Waals surface area contributed by atoms with E-state index in [-0.39, 0.29) is 40.9 Å². The van der Waals surface area contributed by atoms with Gasteiger partial charge < -0.3 is 34.7 Å². The molecule has 3 heterocycles. The molecule has 1 fully saturated rings. The number of nitrogens with zero attached hydrogens (tertiary/aromatic N) is 4. The molecule has 0 aliphatic carbocycles. The SMILES string of the molecule is CCOc1nc(N)nc2c1ncn2C1OC(COP(=O)(N[C@@H](C)C(=O)OCc2ccc(F)cc2F)Oc2cccc3ccccc23)[C@@H](O)[C@@]1(C)O. The van der Waals surface area contributed by atoms with Gasteiger partial charge in [0.2, 0.25) is 11.8 Å². The van der Waals surface area contributed by atoms with Gasteiger partial charge in [-0.1, -0.05) is 36.4 Å². The van der Waals surface area contributed by atoms with Crippen LogP contribution in [-0.4, -0.2) is 72.8 Å². The maximum atomic E-state index is 14.4. The number of hydrogen-bond acceptors (Lipinski definition) is 13. The van der Waals surface area contributed by atoms with Gasteiger partial charge in [-0.05, 0) is 44.4 Å². The number of halogens is 2. The molecule has 51 heavy (non-hydrogen) atoms. The zero-order valence-corrected chi connectivity index (χ0v) is 28.5. The Morgan fingerprint density at radius 3 is 2.71 bits per heavy atom. The molecule has 1 aliphatic rings. The Morgan fingerprint density at radius 1 is 1.18 bits per heavy atom. The van der Waals surface area contributed by atoms with Gasteiger partial charge in [-0.15, -0.1) is 0 Å². The largest absolute Gasteiger partial charge is 0.476 e. The summed E-state index contributed by atoms with van der Waals surface area (Å²) in [6.45, 7) is 3.53. The lowest BCUT2D eigenvalue weighted by molar-refractivity contribution is -0.146. The number of benzene rings is 3. The first-order valence-corrected chi connectivity index (χ1v) is 17.3. The third-order valence-electron chi connectivity index (χ3n) is 8.16. The number of ether oxygens (including phenoxy) is 3. The predicted molar refractivity (Wildman–Crippen MR) is 178 cm³/mol. The van der Waals surface area contributed by atoms with Crippen LogP contribution >= 0.6 is 7.75 Å². The number of hydrogen-bond donors (Lipinski definition) is 4. The van der Waals surface area contributed by atoms with Crippen LogP contribution in [0.4, 0.5) is 14.7 Å². The number of fused-ring (bicyclic) bond motifs is 2. The van der Waals surface area contributed by atoms with E-state index in [9.17, 15) is 28.4 Å². The fourth-order valence-electron chi connectivity index (χ4n) is 5.56. The van der Waals surface area contributed by atoms with Crippen LogP contribution < -0.4 is 20.1 Å². The van der Waals surface area contributed by atoms with Crippen LogP contribution in [0.15, 0.2) is 67.0 Å². The van der Waals surface area contributed by atoms with Crippen molar-refractivity contribution in [3.8, 4) is 11.6 Å². The number of carbonyl (C=O) groups excluding carboxylic acids is 1. The molecule has 270 valence electrons. The molecule has 5 N–H and O–H groups in total. The number of rotatable bonds is 13. The summed E-state index contributed by atoms with van der Waals surface area (Å²) in [4.78, 5) is 25.5. The van der Waals surface area contributed by atoms with Crippen molar-refractivity contribution in [2.24, 2.45) is 0 Å². The third kappa shape index (κ3) is 7.49. The van der Waals surface area contributed by atoms with Gasteiger partial charge in [-0.2, -0.15) is 15.1 Å². The standard InChI is InChI=1S/C33H35F2N6O9P/c1-4-46-29-26-28(38-32(36)39-29)41(17-37-26)31-33(3,44)27(42)25(49-31)16-48-51(45,50-24-11-7-9-19-8-5-6-10-22(19)24)40-18(2)30(43)47-15-20-12-13-21(34)14-23(20)35/h5-14,17-18,25,27,31,42,44H,4,15-16H2,1-3H3,(H,40,45)(H2,36,38,39)/t18-,25?,27+,31?,33+,51?/m0/s1. The Kier molecular flexibility index (Phi) is 10.2. The summed E-state index contributed by atoms with van der Waals surface area (Å²) in [5.41, 5.74) is 4.24. The van der Waals surface area contributed by atoms with Crippen molar-refractivity contribution >= 4 is 41.6 Å². The van der Waals surface area contributed by atoms with Crippen molar-refractivity contribution in [2.45, 2.75) is 57.5 Å².